The summed E-state index contributed by atoms with van der Waals surface area (Å²) in [5.41, 5.74) is 5.65. The molecular weight excluding hydrogens is 344 g/mol. The van der Waals surface area contributed by atoms with Gasteiger partial charge in [-0.05, 0) is 43.7 Å². The Labute approximate surface area is 157 Å². The van der Waals surface area contributed by atoms with Crippen LogP contribution in [0.4, 0.5) is 0 Å². The van der Waals surface area contributed by atoms with Gasteiger partial charge in [-0.1, -0.05) is 30.7 Å². The minimum Gasteiger partial charge on any atom is -0.324 e. The monoisotopic (exact) mass is 362 g/mol. The summed E-state index contributed by atoms with van der Waals surface area (Å²) < 4.78 is 2.23. The molecule has 0 saturated heterocycles. The number of nitrogens with zero attached hydrogens (tertiary/aromatic N) is 4. The van der Waals surface area contributed by atoms with Crippen molar-refractivity contribution in [3.8, 4) is 22.6 Å². The van der Waals surface area contributed by atoms with Crippen molar-refractivity contribution >= 4 is 22.6 Å². The molecule has 0 amide bonds. The van der Waals surface area contributed by atoms with Crippen molar-refractivity contribution in [1.29, 1.82) is 0 Å². The van der Waals surface area contributed by atoms with Crippen LogP contribution in [0.3, 0.4) is 0 Å². The first-order valence-corrected chi connectivity index (χ1v) is 9.09. The smallest absolute Gasteiger partial charge is 0.142 e. The van der Waals surface area contributed by atoms with Crippen LogP contribution in [0.25, 0.3) is 33.7 Å². The van der Waals surface area contributed by atoms with E-state index < -0.39 is 0 Å². The third-order valence-corrected chi connectivity index (χ3v) is 4.67. The molecule has 26 heavy (non-hydrogen) atoms. The van der Waals surface area contributed by atoms with Crippen molar-refractivity contribution in [3.05, 3.63) is 65.6 Å². The summed E-state index contributed by atoms with van der Waals surface area (Å²) in [6.45, 7) is 5.02. The number of hydrogen-bond donors (Lipinski definition) is 0. The van der Waals surface area contributed by atoms with E-state index in [1.807, 2.05) is 49.5 Å². The molecule has 4 rings (SSSR count). The number of aromatic nitrogens is 4. The Morgan fingerprint density at radius 2 is 1.81 bits per heavy atom. The summed E-state index contributed by atoms with van der Waals surface area (Å²) in [7, 11) is 0. The minimum atomic E-state index is 0.600. The Kier molecular flexibility index (Phi) is 4.43. The molecular formula is C21H19ClN4. The van der Waals surface area contributed by atoms with E-state index in [0.29, 0.717) is 5.02 Å². The van der Waals surface area contributed by atoms with Crippen molar-refractivity contribution < 1.29 is 0 Å². The number of imidazole rings is 1. The van der Waals surface area contributed by atoms with E-state index in [2.05, 4.69) is 27.5 Å². The largest absolute Gasteiger partial charge is 0.324 e. The predicted octanol–water partition coefficient (Wildman–Crippen LogP) is 5.53. The van der Waals surface area contributed by atoms with Gasteiger partial charge in [0.15, 0.2) is 0 Å². The Bertz CT molecular complexity index is 1070. The van der Waals surface area contributed by atoms with E-state index >= 15 is 0 Å². The molecule has 0 fully saturated rings. The maximum atomic E-state index is 6.55. The molecule has 0 spiro atoms. The summed E-state index contributed by atoms with van der Waals surface area (Å²) in [5.74, 6) is 0.899. The maximum Gasteiger partial charge on any atom is 0.142 e. The van der Waals surface area contributed by atoms with Crippen molar-refractivity contribution in [2.45, 2.75) is 26.8 Å². The van der Waals surface area contributed by atoms with Crippen LogP contribution in [0, 0.1) is 6.92 Å². The Balaban J connectivity index is 1.82. The zero-order valence-corrected chi connectivity index (χ0v) is 15.5. The lowest BCUT2D eigenvalue weighted by molar-refractivity contribution is 0.704. The van der Waals surface area contributed by atoms with E-state index in [1.54, 1.807) is 6.20 Å². The molecule has 0 aliphatic carbocycles. The van der Waals surface area contributed by atoms with Crippen molar-refractivity contribution in [2.75, 3.05) is 0 Å². The van der Waals surface area contributed by atoms with Gasteiger partial charge in [-0.15, -0.1) is 0 Å². The Hall–Kier alpha value is -2.72. The van der Waals surface area contributed by atoms with Crippen LogP contribution in [0.2, 0.25) is 5.02 Å². The number of hydrogen-bond acceptors (Lipinski definition) is 3. The average molecular weight is 363 g/mol. The first-order chi connectivity index (χ1) is 12.7. The lowest BCUT2D eigenvalue weighted by Crippen LogP contribution is -2.00. The zero-order valence-electron chi connectivity index (χ0n) is 14.8. The van der Waals surface area contributed by atoms with Crippen LogP contribution in [0.15, 0.2) is 54.9 Å². The number of rotatable bonds is 4. The molecule has 0 N–H and O–H groups in total. The molecule has 130 valence electrons. The third-order valence-electron chi connectivity index (χ3n) is 4.39. The van der Waals surface area contributed by atoms with Crippen LogP contribution in [-0.4, -0.2) is 19.5 Å². The van der Waals surface area contributed by atoms with E-state index in [-0.39, 0.29) is 0 Å². The second kappa shape index (κ2) is 6.89. The first-order valence-electron chi connectivity index (χ1n) is 8.71. The molecule has 1 aromatic carbocycles. The number of para-hydroxylation sites is 2. The number of pyridine rings is 2. The average Bonchev–Trinajstić information content (AvgIpc) is 3.02. The molecule has 0 atom stereocenters. The summed E-state index contributed by atoms with van der Waals surface area (Å²) in [6, 6.07) is 14.1. The minimum absolute atomic E-state index is 0.600. The Morgan fingerprint density at radius 1 is 1.00 bits per heavy atom. The maximum absolute atomic E-state index is 6.55. The van der Waals surface area contributed by atoms with Crippen molar-refractivity contribution in [3.63, 3.8) is 0 Å². The van der Waals surface area contributed by atoms with Gasteiger partial charge in [-0.25, -0.2) is 4.98 Å². The highest BCUT2D eigenvalue weighted by Gasteiger charge is 2.14. The molecule has 0 bridgehead atoms. The summed E-state index contributed by atoms with van der Waals surface area (Å²) in [5, 5.41) is 0.600. The molecule has 0 aliphatic heterocycles. The highest BCUT2D eigenvalue weighted by molar-refractivity contribution is 6.33. The highest BCUT2D eigenvalue weighted by atomic mass is 35.5. The molecule has 0 aliphatic rings. The first kappa shape index (κ1) is 16.7. The SMILES string of the molecule is CCCn1c(-c2cnc(-c3ccc(C)nc3)c(Cl)c2)nc2ccccc21. The molecule has 3 heterocycles. The number of aryl methyl sites for hydroxylation is 2. The van der Waals surface area contributed by atoms with Crippen molar-refractivity contribution in [1.82, 2.24) is 19.5 Å². The second-order valence-electron chi connectivity index (χ2n) is 6.32. The molecule has 0 unspecified atom stereocenters. The number of benzene rings is 1. The third kappa shape index (κ3) is 2.97. The molecule has 0 radical (unpaired) electrons. The topological polar surface area (TPSA) is 43.6 Å². The molecule has 4 aromatic rings. The van der Waals surface area contributed by atoms with Gasteiger partial charge in [0, 0.05) is 35.8 Å². The lowest BCUT2D eigenvalue weighted by atomic mass is 10.1. The standard InChI is InChI=1S/C21H19ClN4/c1-3-10-26-19-7-5-4-6-18(19)25-21(26)16-11-17(22)20(24-13-16)15-9-8-14(2)23-12-15/h4-9,11-13H,3,10H2,1-2H3. The van der Waals surface area contributed by atoms with Crippen LogP contribution in [-0.2, 0) is 6.54 Å². The van der Waals surface area contributed by atoms with Gasteiger partial charge in [0.05, 0.1) is 21.7 Å². The van der Waals surface area contributed by atoms with Gasteiger partial charge in [0.25, 0.3) is 0 Å². The molecule has 3 aromatic heterocycles. The summed E-state index contributed by atoms with van der Waals surface area (Å²) >= 11 is 6.55. The highest BCUT2D eigenvalue weighted by Crippen LogP contribution is 2.31. The van der Waals surface area contributed by atoms with Gasteiger partial charge < -0.3 is 4.57 Å². The predicted molar refractivity (Wildman–Crippen MR) is 106 cm³/mol. The van der Waals surface area contributed by atoms with E-state index in [0.717, 1.165) is 52.3 Å². The molecule has 5 heteroatoms. The van der Waals surface area contributed by atoms with Gasteiger partial charge in [-0.2, -0.15) is 0 Å². The number of halogens is 1. The zero-order chi connectivity index (χ0) is 18.1. The summed E-state index contributed by atoms with van der Waals surface area (Å²) in [4.78, 5) is 13.7. The van der Waals surface area contributed by atoms with Gasteiger partial charge in [-0.3, -0.25) is 9.97 Å². The van der Waals surface area contributed by atoms with E-state index in [1.165, 1.54) is 0 Å². The van der Waals surface area contributed by atoms with Gasteiger partial charge in [0.1, 0.15) is 5.82 Å². The van der Waals surface area contributed by atoms with Gasteiger partial charge in [0.2, 0.25) is 0 Å². The van der Waals surface area contributed by atoms with Crippen molar-refractivity contribution in [2.24, 2.45) is 0 Å². The quantitative estimate of drug-likeness (QED) is 0.479. The fraction of sp³-hybridized carbons (Fsp3) is 0.190. The Morgan fingerprint density at radius 3 is 2.54 bits per heavy atom. The second-order valence-corrected chi connectivity index (χ2v) is 6.73. The van der Waals surface area contributed by atoms with E-state index in [4.69, 9.17) is 16.6 Å². The molecule has 4 nitrogen and oxygen atoms in total. The fourth-order valence-corrected chi connectivity index (χ4v) is 3.40. The lowest BCUT2D eigenvalue weighted by Gasteiger charge is -2.09. The van der Waals surface area contributed by atoms with E-state index in [9.17, 15) is 0 Å². The normalized spacial score (nSPS) is 11.2. The van der Waals surface area contributed by atoms with Crippen LogP contribution in [0.1, 0.15) is 19.0 Å². The molecule has 0 saturated carbocycles. The van der Waals surface area contributed by atoms with Gasteiger partial charge >= 0.3 is 0 Å². The number of fused-ring (bicyclic) bond motifs is 1. The summed E-state index contributed by atoms with van der Waals surface area (Å²) in [6.07, 6.45) is 4.67. The van der Waals surface area contributed by atoms with Crippen LogP contribution >= 0.6 is 11.6 Å². The van der Waals surface area contributed by atoms with Crippen LogP contribution in [0.5, 0.6) is 0 Å². The van der Waals surface area contributed by atoms with Crippen LogP contribution < -0.4 is 0 Å². The fourth-order valence-electron chi connectivity index (χ4n) is 3.13.